The maximum atomic E-state index is 12.9. The van der Waals surface area contributed by atoms with Crippen LogP contribution in [-0.2, 0) is 4.79 Å². The zero-order valence-corrected chi connectivity index (χ0v) is 14.4. The number of carbonyl (C=O) groups is 2. The van der Waals surface area contributed by atoms with E-state index in [1.54, 1.807) is 24.7 Å². The number of furan rings is 1. The molecule has 1 N–H and O–H groups in total. The molecule has 2 amide bonds. The number of nitrogens with one attached hydrogen (secondary N) is 1. The first-order valence-electron chi connectivity index (χ1n) is 9.31. The van der Waals surface area contributed by atoms with Crippen LogP contribution in [0.3, 0.4) is 0 Å². The molecule has 2 aliphatic carbocycles. The smallest absolute Gasteiger partial charge is 0.255 e. The second-order valence-corrected chi connectivity index (χ2v) is 7.52. The molecule has 0 bridgehead atoms. The fourth-order valence-electron chi connectivity index (χ4n) is 4.03. The van der Waals surface area contributed by atoms with Gasteiger partial charge >= 0.3 is 0 Å². The monoisotopic (exact) mass is 351 g/mol. The van der Waals surface area contributed by atoms with Crippen LogP contribution >= 0.6 is 0 Å². The number of hydrogen-bond acceptors (Lipinski definition) is 4. The van der Waals surface area contributed by atoms with Crippen molar-refractivity contribution in [1.29, 1.82) is 0 Å². The Kier molecular flexibility index (Phi) is 3.58. The molecule has 6 nitrogen and oxygen atoms in total. The van der Waals surface area contributed by atoms with Gasteiger partial charge in [-0.15, -0.1) is 0 Å². The Balaban J connectivity index is 1.42. The average Bonchev–Trinajstić information content (AvgIpc) is 3.58. The van der Waals surface area contributed by atoms with Gasteiger partial charge in [0.05, 0.1) is 23.9 Å². The van der Waals surface area contributed by atoms with E-state index in [4.69, 9.17) is 4.42 Å². The summed E-state index contributed by atoms with van der Waals surface area (Å²) < 4.78 is 5.53. The number of pyridine rings is 1. The average molecular weight is 351 g/mol. The summed E-state index contributed by atoms with van der Waals surface area (Å²) in [5.41, 5.74) is 1.58. The van der Waals surface area contributed by atoms with Crippen LogP contribution in [0.2, 0.25) is 0 Å². The molecule has 1 aliphatic heterocycles. The second kappa shape index (κ2) is 5.97. The molecule has 2 atom stereocenters. The SMILES string of the molecule is O=C(N[C@@H]1CC(=O)N(C2CC2)[C@H]1c1cccnc1)c1ccoc1C1CC1. The van der Waals surface area contributed by atoms with Gasteiger partial charge in [-0.1, -0.05) is 6.07 Å². The molecular formula is C20H21N3O3. The fourth-order valence-corrected chi connectivity index (χ4v) is 4.03. The minimum Gasteiger partial charge on any atom is -0.468 e. The Hall–Kier alpha value is -2.63. The van der Waals surface area contributed by atoms with E-state index in [1.807, 2.05) is 17.0 Å². The van der Waals surface area contributed by atoms with E-state index in [1.165, 1.54) is 0 Å². The minimum atomic E-state index is -0.248. The van der Waals surface area contributed by atoms with E-state index in [0.29, 0.717) is 23.9 Å². The van der Waals surface area contributed by atoms with Crippen LogP contribution in [0.1, 0.15) is 65.7 Å². The fraction of sp³-hybridized carbons (Fsp3) is 0.450. The van der Waals surface area contributed by atoms with Crippen LogP contribution in [0.4, 0.5) is 0 Å². The van der Waals surface area contributed by atoms with Crippen LogP contribution < -0.4 is 5.32 Å². The van der Waals surface area contributed by atoms with Gasteiger partial charge in [-0.05, 0) is 43.4 Å². The van der Waals surface area contributed by atoms with Crippen LogP contribution in [-0.4, -0.2) is 33.8 Å². The van der Waals surface area contributed by atoms with Crippen molar-refractivity contribution in [2.45, 2.75) is 56.1 Å². The highest BCUT2D eigenvalue weighted by Gasteiger charge is 2.48. The largest absolute Gasteiger partial charge is 0.468 e. The molecule has 3 heterocycles. The lowest BCUT2D eigenvalue weighted by molar-refractivity contribution is -0.129. The number of nitrogens with zero attached hydrogens (tertiary/aromatic N) is 2. The molecule has 134 valence electrons. The van der Waals surface area contributed by atoms with Gasteiger partial charge in [0.25, 0.3) is 5.91 Å². The Morgan fingerprint density at radius 2 is 2.08 bits per heavy atom. The molecule has 3 aliphatic rings. The third-order valence-electron chi connectivity index (χ3n) is 5.53. The summed E-state index contributed by atoms with van der Waals surface area (Å²) in [5.74, 6) is 1.11. The summed E-state index contributed by atoms with van der Waals surface area (Å²) in [6.07, 6.45) is 9.66. The summed E-state index contributed by atoms with van der Waals surface area (Å²) in [6.45, 7) is 0. The molecule has 2 saturated carbocycles. The zero-order valence-electron chi connectivity index (χ0n) is 14.4. The van der Waals surface area contributed by atoms with Crippen molar-refractivity contribution in [3.63, 3.8) is 0 Å². The molecule has 0 unspecified atom stereocenters. The van der Waals surface area contributed by atoms with Gasteiger partial charge in [0.2, 0.25) is 5.91 Å². The van der Waals surface area contributed by atoms with E-state index in [2.05, 4.69) is 10.3 Å². The molecular weight excluding hydrogens is 330 g/mol. The van der Waals surface area contributed by atoms with Crippen LogP contribution in [0.5, 0.6) is 0 Å². The van der Waals surface area contributed by atoms with Crippen LogP contribution in [0, 0.1) is 0 Å². The van der Waals surface area contributed by atoms with Crippen molar-refractivity contribution in [2.75, 3.05) is 0 Å². The lowest BCUT2D eigenvalue weighted by Gasteiger charge is -2.28. The van der Waals surface area contributed by atoms with Crippen molar-refractivity contribution >= 4 is 11.8 Å². The molecule has 2 aromatic heterocycles. The summed E-state index contributed by atoms with van der Waals surface area (Å²) in [6, 6.07) is 5.50. The lowest BCUT2D eigenvalue weighted by Crippen LogP contribution is -2.40. The van der Waals surface area contributed by atoms with E-state index < -0.39 is 0 Å². The van der Waals surface area contributed by atoms with E-state index >= 15 is 0 Å². The number of carbonyl (C=O) groups excluding carboxylic acids is 2. The van der Waals surface area contributed by atoms with Gasteiger partial charge in [-0.25, -0.2) is 0 Å². The molecule has 1 saturated heterocycles. The Morgan fingerprint density at radius 3 is 2.77 bits per heavy atom. The normalized spacial score (nSPS) is 25.5. The van der Waals surface area contributed by atoms with Crippen molar-refractivity contribution in [3.8, 4) is 0 Å². The van der Waals surface area contributed by atoms with Crippen molar-refractivity contribution in [2.24, 2.45) is 0 Å². The van der Waals surface area contributed by atoms with Gasteiger partial charge in [-0.2, -0.15) is 0 Å². The Bertz CT molecular complexity index is 839. The van der Waals surface area contributed by atoms with E-state index in [9.17, 15) is 9.59 Å². The summed E-state index contributed by atoms with van der Waals surface area (Å²) in [4.78, 5) is 31.7. The third kappa shape index (κ3) is 2.69. The standard InChI is InChI=1S/C20H21N3O3/c24-17-10-16(22-20(25)15-7-9-26-19(15)12-3-4-12)18(23(17)14-5-6-14)13-2-1-8-21-11-13/h1-2,7-9,11-12,14,16,18H,3-6,10H2,(H,22,25)/t16-,18+/m1/s1. The maximum absolute atomic E-state index is 12.9. The molecule has 0 radical (unpaired) electrons. The van der Waals surface area contributed by atoms with Crippen molar-refractivity contribution in [3.05, 3.63) is 53.7 Å². The summed E-state index contributed by atoms with van der Waals surface area (Å²) >= 11 is 0. The first-order chi connectivity index (χ1) is 12.7. The number of hydrogen-bond donors (Lipinski definition) is 1. The van der Waals surface area contributed by atoms with Crippen molar-refractivity contribution < 1.29 is 14.0 Å². The van der Waals surface area contributed by atoms with Gasteiger partial charge in [-0.3, -0.25) is 14.6 Å². The lowest BCUT2D eigenvalue weighted by atomic mass is 10.0. The summed E-state index contributed by atoms with van der Waals surface area (Å²) in [5, 5.41) is 3.11. The first kappa shape index (κ1) is 15.6. The molecule has 0 aromatic carbocycles. The molecule has 5 rings (SSSR count). The third-order valence-corrected chi connectivity index (χ3v) is 5.53. The van der Waals surface area contributed by atoms with Gasteiger partial charge in [0.15, 0.2) is 0 Å². The predicted octanol–water partition coefficient (Wildman–Crippen LogP) is 2.79. The first-order valence-corrected chi connectivity index (χ1v) is 9.31. The Morgan fingerprint density at radius 1 is 1.23 bits per heavy atom. The second-order valence-electron chi connectivity index (χ2n) is 7.52. The Labute approximate surface area is 151 Å². The quantitative estimate of drug-likeness (QED) is 0.899. The number of amides is 2. The van der Waals surface area contributed by atoms with Crippen molar-refractivity contribution in [1.82, 2.24) is 15.2 Å². The number of likely N-dealkylation sites (tertiary alicyclic amines) is 1. The van der Waals surface area contributed by atoms with Crippen LogP contribution in [0.15, 0.2) is 41.3 Å². The van der Waals surface area contributed by atoms with E-state index in [0.717, 1.165) is 37.0 Å². The molecule has 3 fully saturated rings. The topological polar surface area (TPSA) is 75.4 Å². The zero-order chi connectivity index (χ0) is 17.7. The highest BCUT2D eigenvalue weighted by atomic mass is 16.3. The summed E-state index contributed by atoms with van der Waals surface area (Å²) in [7, 11) is 0. The molecule has 26 heavy (non-hydrogen) atoms. The van der Waals surface area contributed by atoms with Crippen LogP contribution in [0.25, 0.3) is 0 Å². The maximum Gasteiger partial charge on any atom is 0.255 e. The van der Waals surface area contributed by atoms with Gasteiger partial charge in [0, 0.05) is 30.8 Å². The minimum absolute atomic E-state index is 0.112. The molecule has 6 heteroatoms. The number of aromatic nitrogens is 1. The molecule has 2 aromatic rings. The van der Waals surface area contributed by atoms with E-state index in [-0.39, 0.29) is 23.9 Å². The van der Waals surface area contributed by atoms with Gasteiger partial charge < -0.3 is 14.6 Å². The predicted molar refractivity (Wildman–Crippen MR) is 93.4 cm³/mol. The molecule has 0 spiro atoms. The highest BCUT2D eigenvalue weighted by molar-refractivity contribution is 5.96. The highest BCUT2D eigenvalue weighted by Crippen LogP contribution is 2.43. The number of rotatable bonds is 5. The van der Waals surface area contributed by atoms with Gasteiger partial charge in [0.1, 0.15) is 5.76 Å².